The molecule has 0 saturated carbocycles. The number of anilines is 1. The highest BCUT2D eigenvalue weighted by atomic mass is 32.2. The summed E-state index contributed by atoms with van der Waals surface area (Å²) < 4.78 is 27.3. The van der Waals surface area contributed by atoms with Crippen LogP contribution in [0.3, 0.4) is 0 Å². The molecule has 0 aromatic heterocycles. The van der Waals surface area contributed by atoms with Gasteiger partial charge in [0, 0.05) is 11.3 Å². The van der Waals surface area contributed by atoms with E-state index in [0.717, 1.165) is 19.3 Å². The number of fused-ring (bicyclic) bond motifs is 1. The average molecular weight is 386 g/mol. The van der Waals surface area contributed by atoms with E-state index < -0.39 is 22.0 Å². The van der Waals surface area contributed by atoms with Gasteiger partial charge in [-0.15, -0.1) is 0 Å². The zero-order chi connectivity index (χ0) is 19.6. The van der Waals surface area contributed by atoms with Gasteiger partial charge in [-0.25, -0.2) is 8.42 Å². The fourth-order valence-corrected chi connectivity index (χ4v) is 4.33. The van der Waals surface area contributed by atoms with Crippen LogP contribution in [0, 0.1) is 0 Å². The summed E-state index contributed by atoms with van der Waals surface area (Å²) in [6.07, 6.45) is 3.17. The monoisotopic (exact) mass is 386 g/mol. The van der Waals surface area contributed by atoms with Crippen molar-refractivity contribution in [3.63, 3.8) is 0 Å². The number of hydrogen-bond acceptors (Lipinski definition) is 4. The first-order valence-corrected chi connectivity index (χ1v) is 10.3. The van der Waals surface area contributed by atoms with Gasteiger partial charge in [0.05, 0.1) is 10.9 Å². The molecule has 0 heterocycles. The third-order valence-corrected chi connectivity index (χ3v) is 6.22. The smallest absolute Gasteiger partial charge is 0.242 e. The van der Waals surface area contributed by atoms with Crippen molar-refractivity contribution in [2.24, 2.45) is 0 Å². The number of nitrogens with one attached hydrogen (secondary N) is 2. The van der Waals surface area contributed by atoms with E-state index in [0.29, 0.717) is 11.3 Å². The minimum absolute atomic E-state index is 0.00433. The lowest BCUT2D eigenvalue weighted by Gasteiger charge is -2.15. The van der Waals surface area contributed by atoms with E-state index in [9.17, 15) is 18.0 Å². The first-order chi connectivity index (χ1) is 12.8. The Balaban J connectivity index is 1.67. The number of carbonyl (C=O) groups is 2. The summed E-state index contributed by atoms with van der Waals surface area (Å²) in [5.74, 6) is -0.578. The van der Waals surface area contributed by atoms with E-state index in [4.69, 9.17) is 0 Å². The number of hydrogen-bond donors (Lipinski definition) is 2. The number of carbonyl (C=O) groups excluding carboxylic acids is 2. The van der Waals surface area contributed by atoms with Gasteiger partial charge in [0.1, 0.15) is 0 Å². The molecule has 3 rings (SSSR count). The van der Waals surface area contributed by atoms with Crippen molar-refractivity contribution in [2.45, 2.75) is 44.0 Å². The third kappa shape index (κ3) is 4.43. The molecule has 1 amide bonds. The molecule has 0 spiro atoms. The van der Waals surface area contributed by atoms with Gasteiger partial charge in [0.25, 0.3) is 0 Å². The second-order valence-corrected chi connectivity index (χ2v) is 8.46. The van der Waals surface area contributed by atoms with Gasteiger partial charge < -0.3 is 5.32 Å². The Labute approximate surface area is 159 Å². The molecule has 0 saturated heterocycles. The first-order valence-electron chi connectivity index (χ1n) is 8.82. The van der Waals surface area contributed by atoms with Gasteiger partial charge in [-0.1, -0.05) is 18.2 Å². The number of sulfonamides is 1. The number of amides is 1. The molecule has 1 atom stereocenters. The number of ketones is 1. The van der Waals surface area contributed by atoms with Gasteiger partial charge in [0.15, 0.2) is 5.78 Å². The maximum Gasteiger partial charge on any atom is 0.242 e. The van der Waals surface area contributed by atoms with E-state index in [1.165, 1.54) is 49.2 Å². The summed E-state index contributed by atoms with van der Waals surface area (Å²) in [4.78, 5) is 23.7. The Morgan fingerprint density at radius 2 is 1.67 bits per heavy atom. The Kier molecular flexibility index (Phi) is 5.43. The standard InChI is InChI=1S/C20H22N2O4S/c1-13(20(24)21-18-9-6-16-4-3-5-17(16)12-18)22-27(25,26)19-10-7-15(8-11-19)14(2)23/h6-13,22H,3-5H2,1-2H3,(H,21,24)/t13-/m0/s1. The fourth-order valence-electron chi connectivity index (χ4n) is 3.12. The SMILES string of the molecule is CC(=O)c1ccc(S(=O)(=O)N[C@@H](C)C(=O)Nc2ccc3c(c2)CCC3)cc1. The van der Waals surface area contributed by atoms with Crippen LogP contribution >= 0.6 is 0 Å². The summed E-state index contributed by atoms with van der Waals surface area (Å²) >= 11 is 0. The fraction of sp³-hybridized carbons (Fsp3) is 0.300. The molecule has 27 heavy (non-hydrogen) atoms. The first kappa shape index (κ1) is 19.3. The van der Waals surface area contributed by atoms with Crippen LogP contribution in [0.25, 0.3) is 0 Å². The van der Waals surface area contributed by atoms with Crippen LogP contribution in [-0.4, -0.2) is 26.2 Å². The van der Waals surface area contributed by atoms with Crippen molar-refractivity contribution in [3.05, 3.63) is 59.2 Å². The van der Waals surface area contributed by atoms with E-state index in [-0.39, 0.29) is 10.7 Å². The molecule has 7 heteroatoms. The maximum absolute atomic E-state index is 12.5. The number of rotatable bonds is 6. The topological polar surface area (TPSA) is 92.3 Å². The molecule has 2 aromatic rings. The summed E-state index contributed by atoms with van der Waals surface area (Å²) in [6, 6.07) is 10.4. The van der Waals surface area contributed by atoms with Crippen molar-refractivity contribution in [2.75, 3.05) is 5.32 Å². The normalized spacial score (nSPS) is 14.4. The summed E-state index contributed by atoms with van der Waals surface area (Å²) in [7, 11) is -3.87. The highest BCUT2D eigenvalue weighted by Crippen LogP contribution is 2.25. The van der Waals surface area contributed by atoms with Crippen LogP contribution in [0.4, 0.5) is 5.69 Å². The minimum atomic E-state index is -3.87. The predicted molar refractivity (Wildman–Crippen MR) is 103 cm³/mol. The second-order valence-electron chi connectivity index (χ2n) is 6.75. The summed E-state index contributed by atoms with van der Waals surface area (Å²) in [5, 5.41) is 2.76. The van der Waals surface area contributed by atoms with Gasteiger partial charge >= 0.3 is 0 Å². The van der Waals surface area contributed by atoms with Crippen LogP contribution in [0.2, 0.25) is 0 Å². The van der Waals surface area contributed by atoms with Crippen LogP contribution in [-0.2, 0) is 27.7 Å². The lowest BCUT2D eigenvalue weighted by atomic mass is 10.1. The Hall–Kier alpha value is -2.51. The molecule has 142 valence electrons. The molecular weight excluding hydrogens is 364 g/mol. The van der Waals surface area contributed by atoms with Crippen LogP contribution < -0.4 is 10.0 Å². The van der Waals surface area contributed by atoms with Crippen molar-refractivity contribution in [1.29, 1.82) is 0 Å². The molecule has 0 aliphatic heterocycles. The van der Waals surface area contributed by atoms with Gasteiger partial charge in [-0.05, 0) is 68.5 Å². The maximum atomic E-state index is 12.5. The highest BCUT2D eigenvalue weighted by Gasteiger charge is 2.22. The number of aryl methyl sites for hydroxylation is 2. The van der Waals surface area contributed by atoms with Crippen molar-refractivity contribution < 1.29 is 18.0 Å². The molecule has 1 aliphatic carbocycles. The summed E-state index contributed by atoms with van der Waals surface area (Å²) in [6.45, 7) is 2.90. The number of benzene rings is 2. The second kappa shape index (κ2) is 7.62. The van der Waals surface area contributed by atoms with E-state index >= 15 is 0 Å². The lowest BCUT2D eigenvalue weighted by molar-refractivity contribution is -0.117. The summed E-state index contributed by atoms with van der Waals surface area (Å²) in [5.41, 5.74) is 3.62. The molecule has 0 bridgehead atoms. The Bertz CT molecular complexity index is 982. The molecular formula is C20H22N2O4S. The molecule has 6 nitrogen and oxygen atoms in total. The van der Waals surface area contributed by atoms with Crippen molar-refractivity contribution in [3.8, 4) is 0 Å². The van der Waals surface area contributed by atoms with Crippen molar-refractivity contribution >= 4 is 27.4 Å². The highest BCUT2D eigenvalue weighted by molar-refractivity contribution is 7.89. The minimum Gasteiger partial charge on any atom is -0.325 e. The molecule has 0 radical (unpaired) electrons. The van der Waals surface area contributed by atoms with E-state index in [2.05, 4.69) is 10.0 Å². The largest absolute Gasteiger partial charge is 0.325 e. The zero-order valence-corrected chi connectivity index (χ0v) is 16.1. The predicted octanol–water partition coefficient (Wildman–Crippen LogP) is 2.68. The Morgan fingerprint density at radius 1 is 1.00 bits per heavy atom. The average Bonchev–Trinajstić information content (AvgIpc) is 3.09. The van der Waals surface area contributed by atoms with E-state index in [1.807, 2.05) is 18.2 Å². The molecule has 0 unspecified atom stereocenters. The van der Waals surface area contributed by atoms with Crippen molar-refractivity contribution in [1.82, 2.24) is 4.72 Å². The molecule has 2 N–H and O–H groups in total. The van der Waals surface area contributed by atoms with Gasteiger partial charge in [-0.2, -0.15) is 4.72 Å². The van der Waals surface area contributed by atoms with Gasteiger partial charge in [-0.3, -0.25) is 9.59 Å². The molecule has 1 aliphatic rings. The number of Topliss-reactive ketones (excluding diaryl/α,β-unsaturated/α-hetero) is 1. The zero-order valence-electron chi connectivity index (χ0n) is 15.3. The van der Waals surface area contributed by atoms with Gasteiger partial charge in [0.2, 0.25) is 15.9 Å². The quantitative estimate of drug-likeness (QED) is 0.747. The lowest BCUT2D eigenvalue weighted by Crippen LogP contribution is -2.41. The third-order valence-electron chi connectivity index (χ3n) is 4.66. The van der Waals surface area contributed by atoms with E-state index in [1.54, 1.807) is 0 Å². The van der Waals surface area contributed by atoms with Crippen LogP contribution in [0.15, 0.2) is 47.4 Å². The molecule has 0 fully saturated rings. The van der Waals surface area contributed by atoms with Crippen LogP contribution in [0.5, 0.6) is 0 Å². The Morgan fingerprint density at radius 3 is 2.33 bits per heavy atom. The van der Waals surface area contributed by atoms with Crippen LogP contribution in [0.1, 0.15) is 41.8 Å². The molecule has 2 aromatic carbocycles.